The highest BCUT2D eigenvalue weighted by Gasteiger charge is 2.17. The second-order valence-electron chi connectivity index (χ2n) is 10.8. The molecule has 3 heteroatoms. The van der Waals surface area contributed by atoms with Gasteiger partial charge >= 0.3 is 0 Å². The fourth-order valence-corrected chi connectivity index (χ4v) is 5.83. The van der Waals surface area contributed by atoms with Gasteiger partial charge in [-0.25, -0.2) is 0 Å². The number of aryl methyl sites for hydroxylation is 3. The fourth-order valence-electron chi connectivity index (χ4n) is 5.83. The largest absolute Gasteiger partial charge is 0.310 e. The summed E-state index contributed by atoms with van der Waals surface area (Å²) < 4.78 is 0. The van der Waals surface area contributed by atoms with Gasteiger partial charge in [0.05, 0.1) is 5.69 Å². The van der Waals surface area contributed by atoms with E-state index in [1.807, 2.05) is 42.5 Å². The van der Waals surface area contributed by atoms with Gasteiger partial charge in [0.15, 0.2) is 12.1 Å². The first-order valence-electron chi connectivity index (χ1n) is 14.1. The van der Waals surface area contributed by atoms with Gasteiger partial charge in [0.25, 0.3) is 0 Å². The Labute approximate surface area is 246 Å². The first-order chi connectivity index (χ1) is 20.4. The van der Waals surface area contributed by atoms with Crippen molar-refractivity contribution in [3.8, 4) is 0 Å². The molecular weight excluding hydrogens is 514 g/mol. The van der Waals surface area contributed by atoms with Gasteiger partial charge in [0.1, 0.15) is 0 Å². The molecule has 6 rings (SSSR count). The van der Waals surface area contributed by atoms with E-state index in [2.05, 4.69) is 92.4 Å². The van der Waals surface area contributed by atoms with Crippen molar-refractivity contribution in [2.45, 2.75) is 20.8 Å². The van der Waals surface area contributed by atoms with Crippen molar-refractivity contribution < 1.29 is 9.59 Å². The Kier molecular flexibility index (Phi) is 7.24. The molecule has 0 saturated carbocycles. The maximum absolute atomic E-state index is 13.1. The lowest BCUT2D eigenvalue weighted by Crippen LogP contribution is -2.13. The highest BCUT2D eigenvalue weighted by molar-refractivity contribution is 6.13. The standard InChI is InChI=1S/C39H31NO2/c1-26-19-27(2)39(28(3)20-26)40(35-11-5-4-6-12-35)36-17-16-32-21-29(13-15-33(32)23-36)14-18-38(42)37-24-31-10-8-7-9-30(31)22-34(37)25-41/h4-25H,1-3H3/b18-14+. The molecule has 0 aliphatic heterocycles. The van der Waals surface area contributed by atoms with Crippen LogP contribution in [0.4, 0.5) is 17.1 Å². The third-order valence-corrected chi connectivity index (χ3v) is 7.72. The third kappa shape index (κ3) is 5.25. The Morgan fingerprint density at radius 1 is 0.619 bits per heavy atom. The minimum absolute atomic E-state index is 0.194. The van der Waals surface area contributed by atoms with Crippen molar-refractivity contribution in [2.75, 3.05) is 4.90 Å². The van der Waals surface area contributed by atoms with E-state index >= 15 is 0 Å². The monoisotopic (exact) mass is 545 g/mol. The van der Waals surface area contributed by atoms with Gasteiger partial charge in [-0.2, -0.15) is 0 Å². The zero-order chi connectivity index (χ0) is 29.2. The number of ketones is 1. The number of aldehydes is 1. The van der Waals surface area contributed by atoms with Crippen LogP contribution in [-0.2, 0) is 0 Å². The molecule has 42 heavy (non-hydrogen) atoms. The molecule has 0 aliphatic carbocycles. The molecule has 0 radical (unpaired) electrons. The highest BCUT2D eigenvalue weighted by atomic mass is 16.1. The summed E-state index contributed by atoms with van der Waals surface area (Å²) >= 11 is 0. The van der Waals surface area contributed by atoms with E-state index < -0.39 is 0 Å². The normalized spacial score (nSPS) is 11.3. The molecule has 0 heterocycles. The lowest BCUT2D eigenvalue weighted by atomic mass is 9.98. The average Bonchev–Trinajstić information content (AvgIpc) is 3.01. The van der Waals surface area contributed by atoms with E-state index in [0.29, 0.717) is 11.1 Å². The molecular formula is C39H31NO2. The lowest BCUT2D eigenvalue weighted by molar-refractivity contribution is 0.103. The number of carbonyl (C=O) groups excluding carboxylic acids is 2. The van der Waals surface area contributed by atoms with E-state index in [-0.39, 0.29) is 5.78 Å². The molecule has 0 N–H and O–H groups in total. The van der Waals surface area contributed by atoms with E-state index in [1.54, 1.807) is 18.2 Å². The number of anilines is 3. The molecule has 0 bridgehead atoms. The molecule has 6 aromatic carbocycles. The predicted molar refractivity (Wildman–Crippen MR) is 176 cm³/mol. The smallest absolute Gasteiger partial charge is 0.186 e. The molecule has 0 unspecified atom stereocenters. The second-order valence-corrected chi connectivity index (χ2v) is 10.8. The molecule has 6 aromatic rings. The van der Waals surface area contributed by atoms with Crippen LogP contribution in [0, 0.1) is 20.8 Å². The minimum atomic E-state index is -0.194. The quantitative estimate of drug-likeness (QED) is 0.114. The number of allylic oxidation sites excluding steroid dienone is 1. The van der Waals surface area contributed by atoms with E-state index in [0.717, 1.165) is 44.8 Å². The molecule has 0 atom stereocenters. The average molecular weight is 546 g/mol. The number of nitrogens with zero attached hydrogens (tertiary/aromatic N) is 1. The van der Waals surface area contributed by atoms with E-state index in [9.17, 15) is 9.59 Å². The van der Waals surface area contributed by atoms with Crippen molar-refractivity contribution >= 4 is 56.8 Å². The van der Waals surface area contributed by atoms with Crippen LogP contribution in [-0.4, -0.2) is 12.1 Å². The number of fused-ring (bicyclic) bond motifs is 2. The molecule has 0 spiro atoms. The summed E-state index contributed by atoms with van der Waals surface area (Å²) in [5.41, 5.74) is 8.81. The summed E-state index contributed by atoms with van der Waals surface area (Å²) in [6, 6.07) is 38.9. The van der Waals surface area contributed by atoms with Crippen LogP contribution in [0.5, 0.6) is 0 Å². The van der Waals surface area contributed by atoms with Crippen molar-refractivity contribution in [1.82, 2.24) is 0 Å². The van der Waals surface area contributed by atoms with Gasteiger partial charge in [-0.1, -0.05) is 84.4 Å². The van der Waals surface area contributed by atoms with Crippen molar-refractivity contribution in [3.63, 3.8) is 0 Å². The number of carbonyl (C=O) groups is 2. The Hall–Kier alpha value is -5.28. The van der Waals surface area contributed by atoms with Crippen LogP contribution in [0.1, 0.15) is 43.0 Å². The SMILES string of the molecule is Cc1cc(C)c(N(c2ccccc2)c2ccc3cc(/C=C/C(=O)c4cc5ccccc5cc4C=O)ccc3c2)c(C)c1. The van der Waals surface area contributed by atoms with E-state index in [4.69, 9.17) is 0 Å². The van der Waals surface area contributed by atoms with Gasteiger partial charge < -0.3 is 4.90 Å². The summed E-state index contributed by atoms with van der Waals surface area (Å²) in [5, 5.41) is 4.06. The first kappa shape index (κ1) is 26.9. The molecule has 3 nitrogen and oxygen atoms in total. The molecule has 0 aromatic heterocycles. The summed E-state index contributed by atoms with van der Waals surface area (Å²) in [4.78, 5) is 27.2. The topological polar surface area (TPSA) is 37.4 Å². The lowest BCUT2D eigenvalue weighted by Gasteiger charge is -2.29. The van der Waals surface area contributed by atoms with Gasteiger partial charge in [-0.3, -0.25) is 9.59 Å². The van der Waals surface area contributed by atoms with Crippen LogP contribution in [0.3, 0.4) is 0 Å². The number of hydrogen-bond acceptors (Lipinski definition) is 3. The Bertz CT molecular complexity index is 1980. The maximum Gasteiger partial charge on any atom is 0.186 e. The van der Waals surface area contributed by atoms with Crippen LogP contribution < -0.4 is 4.90 Å². The van der Waals surface area contributed by atoms with Crippen molar-refractivity contribution in [1.29, 1.82) is 0 Å². The molecule has 0 aliphatic rings. The Morgan fingerprint density at radius 3 is 1.95 bits per heavy atom. The number of benzene rings is 6. The number of para-hydroxylation sites is 1. The molecule has 204 valence electrons. The zero-order valence-corrected chi connectivity index (χ0v) is 24.0. The second kappa shape index (κ2) is 11.3. The summed E-state index contributed by atoms with van der Waals surface area (Å²) in [6.07, 6.45) is 4.11. The first-order valence-corrected chi connectivity index (χ1v) is 14.1. The molecule has 0 saturated heterocycles. The minimum Gasteiger partial charge on any atom is -0.310 e. The van der Waals surface area contributed by atoms with Crippen LogP contribution >= 0.6 is 0 Å². The summed E-state index contributed by atoms with van der Waals surface area (Å²) in [6.45, 7) is 6.47. The van der Waals surface area contributed by atoms with Crippen molar-refractivity contribution in [3.05, 3.63) is 155 Å². The zero-order valence-electron chi connectivity index (χ0n) is 24.0. The predicted octanol–water partition coefficient (Wildman–Crippen LogP) is 10.1. The fraction of sp³-hybridized carbons (Fsp3) is 0.0769. The van der Waals surface area contributed by atoms with Crippen molar-refractivity contribution in [2.24, 2.45) is 0 Å². The Morgan fingerprint density at radius 2 is 1.24 bits per heavy atom. The van der Waals surface area contributed by atoms with Crippen LogP contribution in [0.25, 0.3) is 27.6 Å². The van der Waals surface area contributed by atoms with Gasteiger partial charge in [-0.15, -0.1) is 0 Å². The van der Waals surface area contributed by atoms with Gasteiger partial charge in [0.2, 0.25) is 0 Å². The van der Waals surface area contributed by atoms with Gasteiger partial charge in [-0.05, 0) is 108 Å². The highest BCUT2D eigenvalue weighted by Crippen LogP contribution is 2.40. The third-order valence-electron chi connectivity index (χ3n) is 7.72. The maximum atomic E-state index is 13.1. The summed E-state index contributed by atoms with van der Waals surface area (Å²) in [5.74, 6) is -0.194. The van der Waals surface area contributed by atoms with Crippen LogP contribution in [0.2, 0.25) is 0 Å². The molecule has 0 fully saturated rings. The summed E-state index contributed by atoms with van der Waals surface area (Å²) in [7, 11) is 0. The van der Waals surface area contributed by atoms with Crippen LogP contribution in [0.15, 0.2) is 121 Å². The number of hydrogen-bond donors (Lipinski definition) is 0. The number of rotatable bonds is 7. The van der Waals surface area contributed by atoms with Gasteiger partial charge in [0, 0.05) is 22.5 Å². The van der Waals surface area contributed by atoms with E-state index in [1.165, 1.54) is 22.4 Å². The molecule has 0 amide bonds. The Balaban J connectivity index is 1.34.